The van der Waals surface area contributed by atoms with Gasteiger partial charge in [0.05, 0.1) is 4.90 Å². The molecular weight excluding hydrogens is 406 g/mol. The van der Waals surface area contributed by atoms with Crippen molar-refractivity contribution >= 4 is 41.9 Å². The SMILES string of the molecule is O=S(=O)(NCCC1=CCCCC1)c1cc(Br)ccc1Br. The quantitative estimate of drug-likeness (QED) is 0.715. The molecule has 20 heavy (non-hydrogen) atoms. The van der Waals surface area contributed by atoms with Crippen LogP contribution < -0.4 is 4.72 Å². The van der Waals surface area contributed by atoms with E-state index >= 15 is 0 Å². The van der Waals surface area contributed by atoms with Crippen LogP contribution in [-0.2, 0) is 10.0 Å². The molecule has 1 N–H and O–H groups in total. The van der Waals surface area contributed by atoms with Crippen LogP contribution in [0.1, 0.15) is 32.1 Å². The van der Waals surface area contributed by atoms with Gasteiger partial charge in [-0.1, -0.05) is 27.6 Å². The van der Waals surface area contributed by atoms with E-state index in [4.69, 9.17) is 0 Å². The van der Waals surface area contributed by atoms with E-state index < -0.39 is 10.0 Å². The van der Waals surface area contributed by atoms with Gasteiger partial charge in [-0.2, -0.15) is 0 Å². The summed E-state index contributed by atoms with van der Waals surface area (Å²) in [6.45, 7) is 0.452. The van der Waals surface area contributed by atoms with Crippen molar-refractivity contribution in [3.63, 3.8) is 0 Å². The van der Waals surface area contributed by atoms with Gasteiger partial charge in [0.1, 0.15) is 0 Å². The van der Waals surface area contributed by atoms with E-state index in [1.54, 1.807) is 18.2 Å². The lowest BCUT2D eigenvalue weighted by atomic mass is 9.97. The molecule has 0 saturated carbocycles. The van der Waals surface area contributed by atoms with Crippen molar-refractivity contribution in [2.75, 3.05) is 6.54 Å². The molecule has 1 aromatic rings. The van der Waals surface area contributed by atoms with Crippen LogP contribution in [0.2, 0.25) is 0 Å². The lowest BCUT2D eigenvalue weighted by Gasteiger charge is -2.13. The standard InChI is InChI=1S/C14H17Br2NO2S/c15-12-6-7-13(16)14(10-12)20(18,19)17-9-8-11-4-2-1-3-5-11/h4,6-7,10,17H,1-3,5,8-9H2. The second-order valence-electron chi connectivity index (χ2n) is 4.83. The average Bonchev–Trinajstić information content (AvgIpc) is 2.42. The maximum atomic E-state index is 12.3. The minimum Gasteiger partial charge on any atom is -0.211 e. The van der Waals surface area contributed by atoms with Gasteiger partial charge in [-0.3, -0.25) is 0 Å². The zero-order chi connectivity index (χ0) is 14.6. The van der Waals surface area contributed by atoms with Gasteiger partial charge in [0.2, 0.25) is 10.0 Å². The average molecular weight is 423 g/mol. The summed E-state index contributed by atoms with van der Waals surface area (Å²) in [7, 11) is -3.47. The summed E-state index contributed by atoms with van der Waals surface area (Å²) in [5, 5.41) is 0. The van der Waals surface area contributed by atoms with Gasteiger partial charge in [0.15, 0.2) is 0 Å². The maximum Gasteiger partial charge on any atom is 0.241 e. The Labute approximate surface area is 137 Å². The fraction of sp³-hybridized carbons (Fsp3) is 0.429. The predicted octanol–water partition coefficient (Wildman–Crippen LogP) is 4.38. The summed E-state index contributed by atoms with van der Waals surface area (Å²) in [6, 6.07) is 5.13. The minimum atomic E-state index is -3.47. The van der Waals surface area contributed by atoms with Crippen LogP contribution in [0.25, 0.3) is 0 Å². The third kappa shape index (κ3) is 4.41. The van der Waals surface area contributed by atoms with Gasteiger partial charge in [-0.05, 0) is 66.2 Å². The van der Waals surface area contributed by atoms with E-state index in [9.17, 15) is 8.42 Å². The molecule has 110 valence electrons. The topological polar surface area (TPSA) is 46.2 Å². The van der Waals surface area contributed by atoms with E-state index in [1.165, 1.54) is 18.4 Å². The molecule has 0 amide bonds. The number of hydrogen-bond donors (Lipinski definition) is 1. The second kappa shape index (κ2) is 7.20. The molecule has 3 nitrogen and oxygen atoms in total. The molecule has 2 rings (SSSR count). The summed E-state index contributed by atoms with van der Waals surface area (Å²) >= 11 is 6.58. The highest BCUT2D eigenvalue weighted by atomic mass is 79.9. The van der Waals surface area contributed by atoms with Crippen molar-refractivity contribution in [1.82, 2.24) is 4.72 Å². The molecule has 1 aliphatic rings. The Morgan fingerprint density at radius 1 is 1.20 bits per heavy atom. The molecule has 0 aliphatic heterocycles. The van der Waals surface area contributed by atoms with E-state index in [1.807, 2.05) is 0 Å². The Hall–Kier alpha value is -0.170. The van der Waals surface area contributed by atoms with Crippen LogP contribution in [0.4, 0.5) is 0 Å². The zero-order valence-corrected chi connectivity index (χ0v) is 15.0. The summed E-state index contributed by atoms with van der Waals surface area (Å²) in [6.07, 6.45) is 7.73. The van der Waals surface area contributed by atoms with E-state index in [0.29, 0.717) is 11.0 Å². The van der Waals surface area contributed by atoms with Crippen molar-refractivity contribution in [3.8, 4) is 0 Å². The first-order valence-electron chi connectivity index (χ1n) is 6.62. The maximum absolute atomic E-state index is 12.3. The Balaban J connectivity index is 2.00. The number of benzene rings is 1. The molecule has 1 aliphatic carbocycles. The molecule has 0 atom stereocenters. The lowest BCUT2D eigenvalue weighted by molar-refractivity contribution is 0.579. The molecule has 0 bridgehead atoms. The van der Waals surface area contributed by atoms with Gasteiger partial charge in [0, 0.05) is 15.5 Å². The summed E-state index contributed by atoms with van der Waals surface area (Å²) in [4.78, 5) is 0.268. The van der Waals surface area contributed by atoms with Crippen LogP contribution in [0, 0.1) is 0 Å². The van der Waals surface area contributed by atoms with E-state index in [2.05, 4.69) is 42.7 Å². The van der Waals surface area contributed by atoms with Crippen molar-refractivity contribution in [2.45, 2.75) is 37.0 Å². The summed E-state index contributed by atoms with van der Waals surface area (Å²) in [5.41, 5.74) is 1.37. The van der Waals surface area contributed by atoms with Gasteiger partial charge in [-0.25, -0.2) is 13.1 Å². The van der Waals surface area contributed by atoms with Gasteiger partial charge < -0.3 is 0 Å². The van der Waals surface area contributed by atoms with Crippen LogP contribution in [-0.4, -0.2) is 15.0 Å². The van der Waals surface area contributed by atoms with Crippen molar-refractivity contribution in [1.29, 1.82) is 0 Å². The van der Waals surface area contributed by atoms with Crippen molar-refractivity contribution in [2.24, 2.45) is 0 Å². The third-order valence-electron chi connectivity index (χ3n) is 3.31. The molecule has 0 saturated heterocycles. The van der Waals surface area contributed by atoms with Gasteiger partial charge >= 0.3 is 0 Å². The number of rotatable bonds is 5. The van der Waals surface area contributed by atoms with Crippen LogP contribution in [0.3, 0.4) is 0 Å². The number of allylic oxidation sites excluding steroid dienone is 1. The smallest absolute Gasteiger partial charge is 0.211 e. The van der Waals surface area contributed by atoms with Gasteiger partial charge in [0.25, 0.3) is 0 Å². The normalized spacial score (nSPS) is 16.0. The number of nitrogens with one attached hydrogen (secondary N) is 1. The fourth-order valence-electron chi connectivity index (χ4n) is 2.24. The Kier molecular flexibility index (Phi) is 5.84. The van der Waals surface area contributed by atoms with Crippen LogP contribution in [0.15, 0.2) is 43.7 Å². The molecule has 0 heterocycles. The van der Waals surface area contributed by atoms with Crippen molar-refractivity contribution in [3.05, 3.63) is 38.8 Å². The lowest BCUT2D eigenvalue weighted by Crippen LogP contribution is -2.25. The van der Waals surface area contributed by atoms with Crippen LogP contribution in [0.5, 0.6) is 0 Å². The van der Waals surface area contributed by atoms with Gasteiger partial charge in [-0.15, -0.1) is 0 Å². The highest BCUT2D eigenvalue weighted by molar-refractivity contribution is 9.11. The molecule has 0 spiro atoms. The van der Waals surface area contributed by atoms with Crippen molar-refractivity contribution < 1.29 is 8.42 Å². The van der Waals surface area contributed by atoms with E-state index in [0.717, 1.165) is 23.7 Å². The first-order valence-corrected chi connectivity index (χ1v) is 9.68. The second-order valence-corrected chi connectivity index (χ2v) is 8.34. The predicted molar refractivity (Wildman–Crippen MR) is 88.2 cm³/mol. The first kappa shape index (κ1) is 16.2. The molecule has 0 aromatic heterocycles. The molecule has 0 unspecified atom stereocenters. The Bertz CT molecular complexity index is 612. The zero-order valence-electron chi connectivity index (χ0n) is 11.0. The Morgan fingerprint density at radius 3 is 2.70 bits per heavy atom. The first-order chi connectivity index (χ1) is 9.49. The molecule has 1 aromatic carbocycles. The number of halogens is 2. The molecule has 0 fully saturated rings. The van der Waals surface area contributed by atoms with E-state index in [-0.39, 0.29) is 4.90 Å². The fourth-order valence-corrected chi connectivity index (χ4v) is 4.77. The summed E-state index contributed by atoms with van der Waals surface area (Å²) < 4.78 is 28.5. The number of hydrogen-bond acceptors (Lipinski definition) is 2. The molecule has 0 radical (unpaired) electrons. The Morgan fingerprint density at radius 2 is 2.00 bits per heavy atom. The number of sulfonamides is 1. The molecule has 6 heteroatoms. The minimum absolute atomic E-state index is 0.268. The highest BCUT2D eigenvalue weighted by Gasteiger charge is 2.17. The third-order valence-corrected chi connectivity index (χ3v) is 6.25. The molecular formula is C14H17Br2NO2S. The van der Waals surface area contributed by atoms with Crippen LogP contribution >= 0.6 is 31.9 Å². The monoisotopic (exact) mass is 421 g/mol. The summed E-state index contributed by atoms with van der Waals surface area (Å²) in [5.74, 6) is 0. The highest BCUT2D eigenvalue weighted by Crippen LogP contribution is 2.26. The largest absolute Gasteiger partial charge is 0.241 e.